The number of hydrogen-bond donors (Lipinski definition) is 3. The Balaban J connectivity index is 1.65. The van der Waals surface area contributed by atoms with Crippen LogP contribution in [0.2, 0.25) is 0 Å². The van der Waals surface area contributed by atoms with Crippen molar-refractivity contribution < 1.29 is 9.90 Å². The maximum absolute atomic E-state index is 12.0. The molecular weight excluding hydrogens is 316 g/mol. The molecule has 0 saturated carbocycles. The fourth-order valence-electron chi connectivity index (χ4n) is 3.48. The van der Waals surface area contributed by atoms with Gasteiger partial charge in [-0.05, 0) is 50.7 Å². The molecule has 140 valence electrons. The number of aliphatic hydroxyl groups excluding tert-OH is 1. The summed E-state index contributed by atoms with van der Waals surface area (Å²) in [6.45, 7) is 6.68. The van der Waals surface area contributed by atoms with Crippen LogP contribution in [0.1, 0.15) is 46.0 Å². The van der Waals surface area contributed by atoms with Gasteiger partial charge in [0, 0.05) is 37.7 Å². The topological polar surface area (TPSA) is 77.5 Å². The number of carbonyl (C=O) groups is 1. The fourth-order valence-corrected chi connectivity index (χ4v) is 3.48. The van der Waals surface area contributed by atoms with Crippen molar-refractivity contribution in [3.63, 3.8) is 0 Å². The lowest BCUT2D eigenvalue weighted by Gasteiger charge is -2.33. The van der Waals surface area contributed by atoms with Crippen LogP contribution in [-0.2, 0) is 0 Å². The number of nitrogens with zero attached hydrogens (tertiary/aromatic N) is 2. The van der Waals surface area contributed by atoms with Gasteiger partial charge in [0.2, 0.25) is 0 Å². The number of piperidine rings is 1. The molecular formula is C19H32N4O2. The Kier molecular flexibility index (Phi) is 7.50. The van der Waals surface area contributed by atoms with Crippen LogP contribution < -0.4 is 15.5 Å². The second-order valence-corrected chi connectivity index (χ2v) is 7.27. The Morgan fingerprint density at radius 2 is 2.04 bits per heavy atom. The van der Waals surface area contributed by atoms with E-state index in [9.17, 15) is 9.90 Å². The fraction of sp³-hybridized carbons (Fsp3) is 0.684. The van der Waals surface area contributed by atoms with Gasteiger partial charge in [0.25, 0.3) is 0 Å². The number of hydrogen-bond acceptors (Lipinski definition) is 4. The summed E-state index contributed by atoms with van der Waals surface area (Å²) in [7, 11) is 0. The summed E-state index contributed by atoms with van der Waals surface area (Å²) >= 11 is 0. The molecule has 2 amide bonds. The van der Waals surface area contributed by atoms with Crippen LogP contribution in [-0.4, -0.2) is 47.9 Å². The zero-order chi connectivity index (χ0) is 18.1. The monoisotopic (exact) mass is 348 g/mol. The summed E-state index contributed by atoms with van der Waals surface area (Å²) in [6, 6.07) is 3.93. The summed E-state index contributed by atoms with van der Waals surface area (Å²) in [6.07, 6.45) is 8.66. The van der Waals surface area contributed by atoms with Crippen molar-refractivity contribution in [3.8, 4) is 0 Å². The van der Waals surface area contributed by atoms with Crippen LogP contribution in [0.5, 0.6) is 0 Å². The van der Waals surface area contributed by atoms with E-state index in [4.69, 9.17) is 0 Å². The maximum atomic E-state index is 12.0. The molecule has 6 heteroatoms. The molecule has 1 atom stereocenters. The summed E-state index contributed by atoms with van der Waals surface area (Å²) in [5.41, 5.74) is 0.708. The SMILES string of the molecule is CCCC(C)(CO)NC(=O)NCCC1CCN(c2ccncc2)CC1. The molecule has 1 aliphatic heterocycles. The Morgan fingerprint density at radius 1 is 1.36 bits per heavy atom. The van der Waals surface area contributed by atoms with Crippen LogP contribution in [0.3, 0.4) is 0 Å². The second kappa shape index (κ2) is 9.61. The standard InChI is InChI=1S/C19H32N4O2/c1-3-9-19(2,15-24)22-18(25)21-12-4-16-7-13-23(14-8-16)17-5-10-20-11-6-17/h5-6,10-11,16,24H,3-4,7-9,12-15H2,1-2H3,(H2,21,22,25). The van der Waals surface area contributed by atoms with Gasteiger partial charge in [0.1, 0.15) is 0 Å². The third-order valence-corrected chi connectivity index (χ3v) is 5.05. The van der Waals surface area contributed by atoms with Gasteiger partial charge in [-0.3, -0.25) is 4.98 Å². The summed E-state index contributed by atoms with van der Waals surface area (Å²) < 4.78 is 0. The molecule has 0 spiro atoms. The lowest BCUT2D eigenvalue weighted by molar-refractivity contribution is 0.163. The summed E-state index contributed by atoms with van der Waals surface area (Å²) in [5.74, 6) is 0.651. The summed E-state index contributed by atoms with van der Waals surface area (Å²) in [4.78, 5) is 18.5. The predicted octanol–water partition coefficient (Wildman–Crippen LogP) is 2.54. The lowest BCUT2D eigenvalue weighted by Crippen LogP contribution is -2.52. The molecule has 1 aliphatic rings. The van der Waals surface area contributed by atoms with Gasteiger partial charge in [-0.25, -0.2) is 4.79 Å². The van der Waals surface area contributed by atoms with Crippen LogP contribution in [0.4, 0.5) is 10.5 Å². The molecule has 0 bridgehead atoms. The van der Waals surface area contributed by atoms with E-state index in [-0.39, 0.29) is 12.6 Å². The molecule has 2 heterocycles. The molecule has 6 nitrogen and oxygen atoms in total. The molecule has 1 saturated heterocycles. The molecule has 0 aliphatic carbocycles. The first-order valence-electron chi connectivity index (χ1n) is 9.38. The number of rotatable bonds is 8. The Bertz CT molecular complexity index is 517. The molecule has 1 unspecified atom stereocenters. The van der Waals surface area contributed by atoms with Gasteiger partial charge in [-0.15, -0.1) is 0 Å². The third-order valence-electron chi connectivity index (χ3n) is 5.05. The van der Waals surface area contributed by atoms with Gasteiger partial charge < -0.3 is 20.6 Å². The lowest BCUT2D eigenvalue weighted by atomic mass is 9.93. The molecule has 1 fully saturated rings. The number of carbonyl (C=O) groups excluding carboxylic acids is 1. The molecule has 3 N–H and O–H groups in total. The van der Waals surface area contributed by atoms with Crippen molar-refractivity contribution in [2.75, 3.05) is 31.1 Å². The number of nitrogens with one attached hydrogen (secondary N) is 2. The zero-order valence-electron chi connectivity index (χ0n) is 15.5. The van der Waals surface area contributed by atoms with E-state index in [1.165, 1.54) is 5.69 Å². The molecule has 0 radical (unpaired) electrons. The summed E-state index contributed by atoms with van der Waals surface area (Å²) in [5, 5.41) is 15.3. The number of aromatic nitrogens is 1. The molecule has 25 heavy (non-hydrogen) atoms. The maximum Gasteiger partial charge on any atom is 0.315 e. The van der Waals surface area contributed by atoms with E-state index >= 15 is 0 Å². The van der Waals surface area contributed by atoms with Gasteiger partial charge in [-0.1, -0.05) is 13.3 Å². The minimum Gasteiger partial charge on any atom is -0.394 e. The second-order valence-electron chi connectivity index (χ2n) is 7.27. The quantitative estimate of drug-likeness (QED) is 0.675. The van der Waals surface area contributed by atoms with Gasteiger partial charge in [-0.2, -0.15) is 0 Å². The highest BCUT2D eigenvalue weighted by molar-refractivity contribution is 5.74. The minimum absolute atomic E-state index is 0.0400. The number of amides is 2. The van der Waals surface area contributed by atoms with Crippen molar-refractivity contribution in [2.24, 2.45) is 5.92 Å². The van der Waals surface area contributed by atoms with Crippen molar-refractivity contribution in [2.45, 2.75) is 51.5 Å². The number of urea groups is 1. The Hall–Kier alpha value is -1.82. The first-order chi connectivity index (χ1) is 12.1. The van der Waals surface area contributed by atoms with Crippen LogP contribution in [0.15, 0.2) is 24.5 Å². The van der Waals surface area contributed by atoms with Gasteiger partial charge in [0.05, 0.1) is 12.1 Å². The smallest absolute Gasteiger partial charge is 0.315 e. The molecule has 1 aromatic rings. The Morgan fingerprint density at radius 3 is 2.64 bits per heavy atom. The first kappa shape index (κ1) is 19.5. The predicted molar refractivity (Wildman–Crippen MR) is 101 cm³/mol. The average molecular weight is 348 g/mol. The van der Waals surface area contributed by atoms with Crippen molar-refractivity contribution >= 4 is 11.7 Å². The first-order valence-corrected chi connectivity index (χ1v) is 9.38. The molecule has 2 rings (SSSR count). The van der Waals surface area contributed by atoms with Gasteiger partial charge in [0.15, 0.2) is 0 Å². The van der Waals surface area contributed by atoms with E-state index in [1.54, 1.807) is 0 Å². The van der Waals surface area contributed by atoms with E-state index in [1.807, 2.05) is 26.2 Å². The van der Waals surface area contributed by atoms with Crippen molar-refractivity contribution in [1.82, 2.24) is 15.6 Å². The molecule has 1 aromatic heterocycles. The third kappa shape index (κ3) is 6.20. The van der Waals surface area contributed by atoms with Crippen molar-refractivity contribution in [3.05, 3.63) is 24.5 Å². The highest BCUT2D eigenvalue weighted by Gasteiger charge is 2.24. The normalized spacial score (nSPS) is 17.8. The van der Waals surface area contributed by atoms with E-state index in [0.29, 0.717) is 12.5 Å². The Labute approximate surface area is 151 Å². The van der Waals surface area contributed by atoms with Gasteiger partial charge >= 0.3 is 6.03 Å². The number of pyridine rings is 1. The highest BCUT2D eigenvalue weighted by Crippen LogP contribution is 2.24. The van der Waals surface area contributed by atoms with E-state index < -0.39 is 5.54 Å². The average Bonchev–Trinajstić information content (AvgIpc) is 2.63. The number of aliphatic hydroxyl groups is 1. The highest BCUT2D eigenvalue weighted by atomic mass is 16.3. The van der Waals surface area contributed by atoms with Crippen LogP contribution >= 0.6 is 0 Å². The van der Waals surface area contributed by atoms with E-state index in [0.717, 1.165) is 45.2 Å². The van der Waals surface area contributed by atoms with Crippen molar-refractivity contribution in [1.29, 1.82) is 0 Å². The van der Waals surface area contributed by atoms with Crippen LogP contribution in [0, 0.1) is 5.92 Å². The molecule has 0 aromatic carbocycles. The zero-order valence-corrected chi connectivity index (χ0v) is 15.5. The number of anilines is 1. The van der Waals surface area contributed by atoms with Crippen LogP contribution in [0.25, 0.3) is 0 Å². The largest absolute Gasteiger partial charge is 0.394 e. The minimum atomic E-state index is -0.533. The van der Waals surface area contributed by atoms with E-state index in [2.05, 4.69) is 32.7 Å².